The molecule has 4 bridgehead atoms. The first-order valence-electron chi connectivity index (χ1n) is 33.8. The van der Waals surface area contributed by atoms with Crippen LogP contribution in [0.1, 0.15) is 160 Å². The highest BCUT2D eigenvalue weighted by atomic mass is 16.5. The number of alkyl carbamates (subject to hydrolysis) is 2. The number of imidazole rings is 2. The molecule has 2 saturated heterocycles. The van der Waals surface area contributed by atoms with Crippen molar-refractivity contribution in [3.05, 3.63) is 107 Å². The van der Waals surface area contributed by atoms with Gasteiger partial charge in [-0.3, -0.25) is 9.59 Å². The van der Waals surface area contributed by atoms with Crippen LogP contribution in [0.3, 0.4) is 0 Å². The number of hydrogen-bond acceptors (Lipinski definition) is 8. The van der Waals surface area contributed by atoms with Gasteiger partial charge in [0.2, 0.25) is 11.8 Å². The number of ether oxygens (including phenoxy) is 2. The van der Waals surface area contributed by atoms with Gasteiger partial charge in [-0.15, -0.1) is 0 Å². The van der Waals surface area contributed by atoms with Gasteiger partial charge in [0, 0.05) is 31.3 Å². The molecule has 0 unspecified atom stereocenters. The number of carbonyl (C=O) groups excluding carboxylic acids is 4. The molecular formula is C60H72N8O6. The molecule has 388 valence electrons. The molecule has 4 N–H and O–H groups in total. The van der Waals surface area contributed by atoms with Crippen molar-refractivity contribution in [2.75, 3.05) is 14.2 Å². The minimum Gasteiger partial charge on any atom is -0.453 e. The zero-order chi connectivity index (χ0) is 65.1. The fourth-order valence-corrected chi connectivity index (χ4v) is 12.8. The van der Waals surface area contributed by atoms with E-state index in [0.29, 0.717) is 111 Å². The number of nitrogens with zero attached hydrogens (tertiary/aromatic N) is 4. The quantitative estimate of drug-likeness (QED) is 0.105. The van der Waals surface area contributed by atoms with Gasteiger partial charge in [0.25, 0.3) is 0 Å². The van der Waals surface area contributed by atoms with Crippen LogP contribution in [0, 0.1) is 23.6 Å². The molecule has 4 heterocycles. The molecule has 74 heavy (non-hydrogen) atoms. The molecule has 6 aromatic rings. The summed E-state index contributed by atoms with van der Waals surface area (Å²) in [6, 6.07) is 14.5. The van der Waals surface area contributed by atoms with Crippen molar-refractivity contribution in [3.63, 3.8) is 0 Å². The Kier molecular flexibility index (Phi) is 9.44. The Balaban J connectivity index is 0.880. The van der Waals surface area contributed by atoms with Crippen molar-refractivity contribution >= 4 is 46.1 Å². The fourth-order valence-electron chi connectivity index (χ4n) is 12.8. The lowest BCUT2D eigenvalue weighted by atomic mass is 9.84. The maximum Gasteiger partial charge on any atom is 0.407 e. The molecule has 14 heteroatoms. The molecule has 0 spiro atoms. The number of H-pyrrole nitrogens is 2. The first-order chi connectivity index (χ1) is 42.2. The molecule has 8 atom stereocenters. The van der Waals surface area contributed by atoms with Gasteiger partial charge in [-0.1, -0.05) is 102 Å². The van der Waals surface area contributed by atoms with Gasteiger partial charge in [0.15, 0.2) is 0 Å². The molecule has 0 radical (unpaired) electrons. The first-order valence-corrected chi connectivity index (χ1v) is 25.8. The van der Waals surface area contributed by atoms with E-state index < -0.39 is 99.4 Å². The first kappa shape index (κ1) is 34.0. The van der Waals surface area contributed by atoms with Gasteiger partial charge >= 0.3 is 12.2 Å². The van der Waals surface area contributed by atoms with E-state index in [-0.39, 0.29) is 11.8 Å². The lowest BCUT2D eigenvalue weighted by molar-refractivity contribution is -0.139. The topological polar surface area (TPSA) is 175 Å². The lowest BCUT2D eigenvalue weighted by Crippen LogP contribution is -2.53. The highest BCUT2D eigenvalue weighted by molar-refractivity contribution is 5.89. The highest BCUT2D eigenvalue weighted by Crippen LogP contribution is 2.48. The third kappa shape index (κ3) is 9.42. The van der Waals surface area contributed by atoms with Gasteiger partial charge in [-0.25, -0.2) is 19.6 Å². The summed E-state index contributed by atoms with van der Waals surface area (Å²) < 4.78 is 145. The van der Waals surface area contributed by atoms with E-state index in [2.05, 4.69) is 55.8 Å². The van der Waals surface area contributed by atoms with Crippen LogP contribution in [-0.4, -0.2) is 92.1 Å². The van der Waals surface area contributed by atoms with Crippen LogP contribution in [-0.2, 0) is 44.7 Å². The summed E-state index contributed by atoms with van der Waals surface area (Å²) in [5.41, 5.74) is 10.4. The van der Waals surface area contributed by atoms with E-state index in [1.807, 2.05) is 47.0 Å². The van der Waals surface area contributed by atoms with Gasteiger partial charge in [-0.05, 0) is 157 Å². The average molecular weight is 1020 g/mol. The summed E-state index contributed by atoms with van der Waals surface area (Å²) in [6.07, 6.45) is 5.81. The number of fused-ring (bicyclic) bond motifs is 4. The Morgan fingerprint density at radius 3 is 1.45 bits per heavy atom. The SMILES string of the molecule is [2H]C([2H])([2H])C([2H])(C([2H])([2H])[2H])[C@]([2H])(NC(=O)OC)C(=O)N1[C@H](c2nc3ccc(-c4cc5ccc4CCc4ccc(c(-c6ccc7nc([C@@H]8C[C@@H]9CCCC[C@@H]9N8C(=O)[C@@]([2H])(NC(=O)OC)C([2H])(C([2H])([2H])[2H])C([2H])([2H])[2H])[nH]c7c6)c4)CC5)cc3[nH]2)C[C@@H]2CCCC[C@@H]21. The fraction of sp³-hybridized carbons (Fsp3) is 0.500. The zero-order valence-corrected chi connectivity index (χ0v) is 41.5. The molecule has 4 fully saturated rings. The van der Waals surface area contributed by atoms with Crippen LogP contribution in [0.25, 0.3) is 44.3 Å². The third-order valence-corrected chi connectivity index (χ3v) is 16.4. The normalized spacial score (nSPS) is 28.4. The number of rotatable bonds is 10. The second kappa shape index (κ2) is 20.5. The van der Waals surface area contributed by atoms with Crippen LogP contribution in [0.2, 0.25) is 0 Å². The van der Waals surface area contributed by atoms with Crippen LogP contribution >= 0.6 is 0 Å². The van der Waals surface area contributed by atoms with Crippen molar-refractivity contribution in [3.8, 4) is 22.3 Å². The number of amides is 4. The monoisotopic (exact) mass is 1020 g/mol. The number of aromatic amines is 2. The maximum absolute atomic E-state index is 15.1. The number of benzene rings is 4. The number of methoxy groups -OCH3 is 2. The van der Waals surface area contributed by atoms with E-state index in [9.17, 15) is 12.3 Å². The Morgan fingerprint density at radius 1 is 0.595 bits per heavy atom. The summed E-state index contributed by atoms with van der Waals surface area (Å²) in [7, 11) is 1.84. The van der Waals surface area contributed by atoms with Crippen molar-refractivity contribution in [1.82, 2.24) is 40.4 Å². The maximum atomic E-state index is 15.1. The molecule has 14 nitrogen and oxygen atoms in total. The lowest BCUT2D eigenvalue weighted by Gasteiger charge is -2.36. The van der Waals surface area contributed by atoms with Crippen molar-refractivity contribution in [2.45, 2.75) is 154 Å². The molecule has 14 rings (SSSR count). The molecule has 8 aliphatic rings. The molecule has 6 aliphatic carbocycles. The number of likely N-dealkylation sites (tertiary alicyclic amines) is 2. The number of aryl methyl sites for hydroxylation is 4. The molecule has 2 aliphatic heterocycles. The molecular weight excluding hydrogens is 929 g/mol. The summed E-state index contributed by atoms with van der Waals surface area (Å²) in [4.78, 5) is 75.3. The number of hydrogen-bond donors (Lipinski definition) is 4. The Bertz CT molecular complexity index is 3520. The van der Waals surface area contributed by atoms with Crippen molar-refractivity contribution in [1.29, 1.82) is 0 Å². The minimum absolute atomic E-state index is 0.129. The van der Waals surface area contributed by atoms with E-state index >= 15 is 9.59 Å². The smallest absolute Gasteiger partial charge is 0.407 e. The highest BCUT2D eigenvalue weighted by Gasteiger charge is 2.50. The average Bonchev–Trinajstić information content (AvgIpc) is 1.02. The standard InChI is InChI=1S/C60H72N8O6/c1-33(2)53(65-59(71)73-5)57(69)67-49-13-9-7-11-41(49)31-51(67)55-61-45-25-23-39(29-47(45)63-55)43-27-35-15-19-37(43)21-17-36-16-20-38(22-18-35)44(28-36)40-24-26-46-48(30-40)64-56(62-46)52-32-42-12-8-10-14-50(42)68(52)58(70)54(34(3)4)66-60(72)74-6/h15-16,19-20,23-30,33-34,41-42,49-54H,7-14,17-18,21-22,31-32H2,1-6H3,(H,61,63)(H,62,64)(H,65,71)(H,66,72)/t41-,42-,49-,50-,51-,52-,53-,54-/m0/s1/i1D3,2D3,3D3,4D3,33D,34D,53D,54D. The summed E-state index contributed by atoms with van der Waals surface area (Å²) in [6.45, 7) is -15.0. The largest absolute Gasteiger partial charge is 0.453 e. The van der Waals surface area contributed by atoms with Gasteiger partial charge in [0.05, 0.1) is 51.1 Å². The Hall–Kier alpha value is -6.70. The van der Waals surface area contributed by atoms with E-state index in [1.165, 1.54) is 9.80 Å². The van der Waals surface area contributed by atoms with Gasteiger partial charge < -0.3 is 39.9 Å². The van der Waals surface area contributed by atoms with Crippen LogP contribution in [0.15, 0.2) is 72.8 Å². The zero-order valence-electron chi connectivity index (χ0n) is 57.5. The predicted octanol–water partition coefficient (Wildman–Crippen LogP) is 11.1. The number of aromatic nitrogens is 4. The number of carbonyl (C=O) groups is 4. The molecule has 4 aromatic carbocycles. The van der Waals surface area contributed by atoms with Crippen LogP contribution in [0.5, 0.6) is 0 Å². The third-order valence-electron chi connectivity index (χ3n) is 16.4. The van der Waals surface area contributed by atoms with Gasteiger partial charge in [0.1, 0.15) is 23.7 Å². The Labute approximate surface area is 456 Å². The molecule has 2 aromatic heterocycles. The van der Waals surface area contributed by atoms with Crippen LogP contribution < -0.4 is 10.6 Å². The van der Waals surface area contributed by atoms with E-state index in [0.717, 1.165) is 71.6 Å². The number of nitrogens with one attached hydrogen (secondary N) is 4. The van der Waals surface area contributed by atoms with Gasteiger partial charge in [-0.2, -0.15) is 0 Å². The summed E-state index contributed by atoms with van der Waals surface area (Å²) >= 11 is 0. The Morgan fingerprint density at radius 2 is 1.03 bits per heavy atom. The second-order valence-electron chi connectivity index (χ2n) is 20.6. The predicted molar refractivity (Wildman–Crippen MR) is 286 cm³/mol. The van der Waals surface area contributed by atoms with Crippen LogP contribution in [0.4, 0.5) is 9.59 Å². The molecule has 2 saturated carbocycles. The summed E-state index contributed by atoms with van der Waals surface area (Å²) in [5, 5.41) is 3.81. The second-order valence-corrected chi connectivity index (χ2v) is 20.6. The van der Waals surface area contributed by atoms with Crippen molar-refractivity contribution in [2.24, 2.45) is 23.6 Å². The minimum atomic E-state index is -3.83. The summed E-state index contributed by atoms with van der Waals surface area (Å²) in [5.74, 6) is -10.00. The van der Waals surface area contributed by atoms with E-state index in [1.54, 1.807) is 0 Å². The van der Waals surface area contributed by atoms with E-state index in [4.69, 9.17) is 29.2 Å². The molecule has 4 amide bonds. The van der Waals surface area contributed by atoms with Crippen molar-refractivity contribution < 1.29 is 50.6 Å².